The summed E-state index contributed by atoms with van der Waals surface area (Å²) in [4.78, 5) is 24.1. The first-order chi connectivity index (χ1) is 8.93. The zero-order valence-corrected chi connectivity index (χ0v) is 11.6. The van der Waals surface area contributed by atoms with E-state index in [0.717, 1.165) is 17.7 Å². The van der Waals surface area contributed by atoms with E-state index >= 15 is 0 Å². The van der Waals surface area contributed by atoms with Crippen LogP contribution in [0.2, 0.25) is 0 Å². The Morgan fingerprint density at radius 1 is 1.42 bits per heavy atom. The second-order valence-electron chi connectivity index (χ2n) is 5.62. The second kappa shape index (κ2) is 5.03. The fourth-order valence-corrected chi connectivity index (χ4v) is 2.15. The molecular formula is C15H20N2O2. The lowest BCUT2D eigenvalue weighted by Gasteiger charge is -2.30. The van der Waals surface area contributed by atoms with Gasteiger partial charge in [0, 0.05) is 17.6 Å². The Morgan fingerprint density at radius 2 is 2.11 bits per heavy atom. The molecule has 0 aliphatic carbocycles. The third-order valence-electron chi connectivity index (χ3n) is 3.66. The number of para-hydroxylation sites is 1. The Hall–Kier alpha value is -1.84. The summed E-state index contributed by atoms with van der Waals surface area (Å²) in [6.45, 7) is 6.00. The molecule has 0 saturated heterocycles. The van der Waals surface area contributed by atoms with Crippen molar-refractivity contribution in [1.82, 2.24) is 5.32 Å². The lowest BCUT2D eigenvalue weighted by atomic mass is 9.88. The maximum Gasteiger partial charge on any atom is 0.228 e. The molecule has 1 aliphatic rings. The Balaban J connectivity index is 2.25. The van der Waals surface area contributed by atoms with Gasteiger partial charge in [-0.1, -0.05) is 25.1 Å². The quantitative estimate of drug-likeness (QED) is 0.877. The molecule has 0 bridgehead atoms. The van der Waals surface area contributed by atoms with Crippen LogP contribution in [0.4, 0.5) is 5.69 Å². The minimum Gasteiger partial charge on any atom is -0.351 e. The molecule has 4 nitrogen and oxygen atoms in total. The summed E-state index contributed by atoms with van der Waals surface area (Å²) in [5.41, 5.74) is 1.39. The van der Waals surface area contributed by atoms with Gasteiger partial charge in [-0.3, -0.25) is 9.59 Å². The Kier molecular flexibility index (Phi) is 3.60. The smallest absolute Gasteiger partial charge is 0.228 e. The minimum absolute atomic E-state index is 0.0749. The van der Waals surface area contributed by atoms with Crippen LogP contribution in [0.25, 0.3) is 0 Å². The number of carbonyl (C=O) groups is 2. The molecule has 1 heterocycles. The summed E-state index contributed by atoms with van der Waals surface area (Å²) < 4.78 is 0. The van der Waals surface area contributed by atoms with E-state index in [1.54, 1.807) is 0 Å². The van der Waals surface area contributed by atoms with Crippen molar-refractivity contribution >= 4 is 17.5 Å². The highest BCUT2D eigenvalue weighted by molar-refractivity contribution is 6.01. The first kappa shape index (κ1) is 13.6. The molecule has 0 radical (unpaired) electrons. The first-order valence-electron chi connectivity index (χ1n) is 6.64. The van der Waals surface area contributed by atoms with Crippen molar-refractivity contribution in [2.75, 3.05) is 5.32 Å². The van der Waals surface area contributed by atoms with Gasteiger partial charge in [0.1, 0.15) is 0 Å². The van der Waals surface area contributed by atoms with Crippen LogP contribution in [0.3, 0.4) is 0 Å². The van der Waals surface area contributed by atoms with Crippen LogP contribution in [-0.2, 0) is 9.59 Å². The zero-order chi connectivity index (χ0) is 14.0. The average Bonchev–Trinajstić information content (AvgIpc) is 2.37. The first-order valence-corrected chi connectivity index (χ1v) is 6.64. The van der Waals surface area contributed by atoms with E-state index in [-0.39, 0.29) is 23.8 Å². The van der Waals surface area contributed by atoms with Crippen LogP contribution in [-0.4, -0.2) is 17.4 Å². The minimum atomic E-state index is -0.393. The van der Waals surface area contributed by atoms with Crippen molar-refractivity contribution in [3.05, 3.63) is 29.8 Å². The highest BCUT2D eigenvalue weighted by Crippen LogP contribution is 2.32. The van der Waals surface area contributed by atoms with E-state index in [2.05, 4.69) is 10.6 Å². The molecule has 1 atom stereocenters. The fourth-order valence-electron chi connectivity index (χ4n) is 2.15. The number of amides is 2. The van der Waals surface area contributed by atoms with Gasteiger partial charge in [0.2, 0.25) is 11.8 Å². The van der Waals surface area contributed by atoms with Crippen molar-refractivity contribution in [3.8, 4) is 0 Å². The molecule has 1 unspecified atom stereocenters. The molecule has 4 heteroatoms. The highest BCUT2D eigenvalue weighted by Gasteiger charge is 2.32. The Morgan fingerprint density at radius 3 is 2.79 bits per heavy atom. The number of carbonyl (C=O) groups excluding carboxylic acids is 2. The largest absolute Gasteiger partial charge is 0.351 e. The summed E-state index contributed by atoms with van der Waals surface area (Å²) in [6, 6.07) is 7.48. The number of anilines is 1. The van der Waals surface area contributed by atoms with Crippen LogP contribution in [0.15, 0.2) is 24.3 Å². The number of rotatable bonds is 3. The van der Waals surface area contributed by atoms with Crippen molar-refractivity contribution < 1.29 is 9.59 Å². The maximum atomic E-state index is 12.4. The number of fused-ring (bicyclic) bond motifs is 1. The van der Waals surface area contributed by atoms with Gasteiger partial charge < -0.3 is 10.6 Å². The monoisotopic (exact) mass is 260 g/mol. The SMILES string of the molecule is CCC(C)(C)NC(=O)C1CC(=O)Nc2ccccc21. The zero-order valence-electron chi connectivity index (χ0n) is 11.6. The van der Waals surface area contributed by atoms with E-state index in [1.807, 2.05) is 45.0 Å². The standard InChI is InChI=1S/C15H20N2O2/c1-4-15(2,3)17-14(19)11-9-13(18)16-12-8-6-5-7-10(11)12/h5-8,11H,4,9H2,1-3H3,(H,16,18)(H,17,19). The van der Waals surface area contributed by atoms with Crippen molar-refractivity contribution in [2.24, 2.45) is 0 Å². The molecule has 19 heavy (non-hydrogen) atoms. The molecular weight excluding hydrogens is 240 g/mol. The molecule has 102 valence electrons. The van der Waals surface area contributed by atoms with Gasteiger partial charge in [-0.05, 0) is 31.9 Å². The highest BCUT2D eigenvalue weighted by atomic mass is 16.2. The van der Waals surface area contributed by atoms with Crippen LogP contribution < -0.4 is 10.6 Å². The molecule has 2 N–H and O–H groups in total. The van der Waals surface area contributed by atoms with Crippen LogP contribution in [0, 0.1) is 0 Å². The van der Waals surface area contributed by atoms with Crippen molar-refractivity contribution in [2.45, 2.75) is 45.1 Å². The third kappa shape index (κ3) is 2.95. The summed E-state index contributed by atoms with van der Waals surface area (Å²) in [5.74, 6) is -0.571. The molecule has 1 aromatic carbocycles. The molecule has 0 saturated carbocycles. The molecule has 2 amide bonds. The number of nitrogens with one attached hydrogen (secondary N) is 2. The van der Waals surface area contributed by atoms with Crippen LogP contribution >= 0.6 is 0 Å². The second-order valence-corrected chi connectivity index (χ2v) is 5.62. The maximum absolute atomic E-state index is 12.4. The topological polar surface area (TPSA) is 58.2 Å². The number of benzene rings is 1. The predicted octanol–water partition coefficient (Wildman–Crippen LogP) is 2.42. The molecule has 1 aromatic rings. The van der Waals surface area contributed by atoms with Gasteiger partial charge in [-0.15, -0.1) is 0 Å². The van der Waals surface area contributed by atoms with E-state index < -0.39 is 5.92 Å². The van der Waals surface area contributed by atoms with Gasteiger partial charge in [0.15, 0.2) is 0 Å². The van der Waals surface area contributed by atoms with E-state index in [9.17, 15) is 9.59 Å². The molecule has 2 rings (SSSR count). The molecule has 0 aromatic heterocycles. The van der Waals surface area contributed by atoms with Gasteiger partial charge >= 0.3 is 0 Å². The average molecular weight is 260 g/mol. The van der Waals surface area contributed by atoms with Gasteiger partial charge in [0.05, 0.1) is 5.92 Å². The predicted molar refractivity (Wildman–Crippen MR) is 74.9 cm³/mol. The van der Waals surface area contributed by atoms with Crippen molar-refractivity contribution in [1.29, 1.82) is 0 Å². The van der Waals surface area contributed by atoms with E-state index in [0.29, 0.717) is 0 Å². The lowest BCUT2D eigenvalue weighted by molar-refractivity contribution is -0.127. The van der Waals surface area contributed by atoms with Gasteiger partial charge in [-0.25, -0.2) is 0 Å². The Labute approximate surface area is 113 Å². The fraction of sp³-hybridized carbons (Fsp3) is 0.467. The van der Waals surface area contributed by atoms with Crippen LogP contribution in [0.5, 0.6) is 0 Å². The van der Waals surface area contributed by atoms with E-state index in [4.69, 9.17) is 0 Å². The summed E-state index contributed by atoms with van der Waals surface area (Å²) >= 11 is 0. The van der Waals surface area contributed by atoms with Crippen LogP contribution in [0.1, 0.15) is 45.1 Å². The molecule has 0 fully saturated rings. The third-order valence-corrected chi connectivity index (χ3v) is 3.66. The molecule has 0 spiro atoms. The van der Waals surface area contributed by atoms with Gasteiger partial charge in [-0.2, -0.15) is 0 Å². The normalized spacial score (nSPS) is 18.5. The van der Waals surface area contributed by atoms with E-state index in [1.165, 1.54) is 0 Å². The summed E-state index contributed by atoms with van der Waals surface area (Å²) in [6.07, 6.45) is 1.06. The molecule has 1 aliphatic heterocycles. The van der Waals surface area contributed by atoms with Crippen molar-refractivity contribution in [3.63, 3.8) is 0 Å². The lowest BCUT2D eigenvalue weighted by Crippen LogP contribution is -2.46. The van der Waals surface area contributed by atoms with Gasteiger partial charge in [0.25, 0.3) is 0 Å². The summed E-state index contributed by atoms with van der Waals surface area (Å²) in [7, 11) is 0. The summed E-state index contributed by atoms with van der Waals surface area (Å²) in [5, 5.41) is 5.82. The number of hydrogen-bond acceptors (Lipinski definition) is 2. The Bertz CT molecular complexity index is 509. The number of hydrogen-bond donors (Lipinski definition) is 2.